The zero-order chi connectivity index (χ0) is 15.6. The molecule has 2 aliphatic rings. The first-order valence-corrected chi connectivity index (χ1v) is 8.22. The second-order valence-corrected chi connectivity index (χ2v) is 6.37. The molecule has 2 amide bonds. The van der Waals surface area contributed by atoms with Crippen molar-refractivity contribution in [1.29, 1.82) is 0 Å². The fourth-order valence-corrected chi connectivity index (χ4v) is 3.16. The van der Waals surface area contributed by atoms with Crippen LogP contribution in [0.25, 0.3) is 0 Å². The third-order valence-corrected chi connectivity index (χ3v) is 4.86. The summed E-state index contributed by atoms with van der Waals surface area (Å²) in [4.78, 5) is 26.5. The molecule has 0 bridgehead atoms. The molecule has 0 radical (unpaired) electrons. The van der Waals surface area contributed by atoms with E-state index in [1.54, 1.807) is 10.9 Å². The van der Waals surface area contributed by atoms with E-state index in [1.807, 2.05) is 24.1 Å². The van der Waals surface area contributed by atoms with E-state index in [0.717, 1.165) is 6.54 Å². The minimum atomic E-state index is -0.650. The van der Waals surface area contributed by atoms with Crippen LogP contribution in [0.2, 0.25) is 0 Å². The highest BCUT2D eigenvalue weighted by atomic mass is 16.2. The third-order valence-electron chi connectivity index (χ3n) is 4.86. The van der Waals surface area contributed by atoms with Crippen molar-refractivity contribution in [3.05, 3.63) is 18.5 Å². The molecule has 1 aromatic rings. The molecule has 1 saturated heterocycles. The van der Waals surface area contributed by atoms with Gasteiger partial charge in [-0.05, 0) is 37.7 Å². The van der Waals surface area contributed by atoms with E-state index in [2.05, 4.69) is 10.4 Å². The largest absolute Gasteiger partial charge is 0.354 e. The van der Waals surface area contributed by atoms with Crippen LogP contribution in [0, 0.1) is 5.92 Å². The van der Waals surface area contributed by atoms with Crippen molar-refractivity contribution >= 4 is 11.8 Å². The highest BCUT2D eigenvalue weighted by molar-refractivity contribution is 5.85. The second-order valence-electron chi connectivity index (χ2n) is 6.37. The van der Waals surface area contributed by atoms with Gasteiger partial charge in [0.1, 0.15) is 5.54 Å². The summed E-state index contributed by atoms with van der Waals surface area (Å²) in [6, 6.07) is 1.85. The van der Waals surface area contributed by atoms with Crippen LogP contribution in [-0.4, -0.2) is 46.1 Å². The lowest BCUT2D eigenvalue weighted by molar-refractivity contribution is -0.139. The van der Waals surface area contributed by atoms with Gasteiger partial charge >= 0.3 is 0 Å². The quantitative estimate of drug-likeness (QED) is 0.887. The van der Waals surface area contributed by atoms with Gasteiger partial charge in [0.25, 0.3) is 0 Å². The van der Waals surface area contributed by atoms with Crippen molar-refractivity contribution < 1.29 is 9.59 Å². The van der Waals surface area contributed by atoms with Gasteiger partial charge in [-0.15, -0.1) is 0 Å². The number of rotatable bonds is 5. The SMILES string of the molecule is CCC(=O)N1CCC(C(=O)NCC2CC2)(n2cccn2)CC1. The van der Waals surface area contributed by atoms with Gasteiger partial charge in [-0.2, -0.15) is 5.10 Å². The van der Waals surface area contributed by atoms with Crippen LogP contribution in [-0.2, 0) is 15.1 Å². The molecule has 0 aromatic carbocycles. The molecule has 1 aliphatic carbocycles. The number of carbonyl (C=O) groups is 2. The fraction of sp³-hybridized carbons (Fsp3) is 0.688. The van der Waals surface area contributed by atoms with Crippen LogP contribution in [0.3, 0.4) is 0 Å². The average Bonchev–Trinajstić information content (AvgIpc) is 3.22. The van der Waals surface area contributed by atoms with E-state index in [4.69, 9.17) is 0 Å². The standard InChI is InChI=1S/C16H24N4O2/c1-2-14(21)19-10-6-16(7-11-19,20-9-3-8-18-20)15(22)17-12-13-4-5-13/h3,8-9,13H,2,4-7,10-12H2,1H3,(H,17,22). The van der Waals surface area contributed by atoms with E-state index in [0.29, 0.717) is 38.3 Å². The number of nitrogens with one attached hydrogen (secondary N) is 1. The molecule has 120 valence electrons. The Labute approximate surface area is 130 Å². The highest BCUT2D eigenvalue weighted by Crippen LogP contribution is 2.32. The number of aromatic nitrogens is 2. The van der Waals surface area contributed by atoms with Gasteiger partial charge in [-0.3, -0.25) is 14.3 Å². The monoisotopic (exact) mass is 304 g/mol. The summed E-state index contributed by atoms with van der Waals surface area (Å²) in [6.07, 6.45) is 7.76. The van der Waals surface area contributed by atoms with Crippen LogP contribution in [0.1, 0.15) is 39.0 Å². The predicted molar refractivity (Wildman–Crippen MR) is 82.0 cm³/mol. The van der Waals surface area contributed by atoms with Gasteiger partial charge in [0.2, 0.25) is 11.8 Å². The maximum Gasteiger partial charge on any atom is 0.248 e. The topological polar surface area (TPSA) is 67.2 Å². The molecule has 0 spiro atoms. The predicted octanol–water partition coefficient (Wildman–Crippen LogP) is 1.14. The Bertz CT molecular complexity index is 528. The summed E-state index contributed by atoms with van der Waals surface area (Å²) >= 11 is 0. The maximum atomic E-state index is 12.8. The first-order valence-electron chi connectivity index (χ1n) is 8.22. The van der Waals surface area contributed by atoms with Gasteiger partial charge in [0, 0.05) is 38.4 Å². The Morgan fingerprint density at radius 3 is 2.59 bits per heavy atom. The molecule has 0 unspecified atom stereocenters. The smallest absolute Gasteiger partial charge is 0.248 e. The number of piperidine rings is 1. The highest BCUT2D eigenvalue weighted by Gasteiger charge is 2.44. The molecular formula is C16H24N4O2. The van der Waals surface area contributed by atoms with Crippen LogP contribution in [0.5, 0.6) is 0 Å². The molecule has 0 atom stereocenters. The van der Waals surface area contributed by atoms with Crippen LogP contribution in [0.15, 0.2) is 18.5 Å². The van der Waals surface area contributed by atoms with E-state index in [-0.39, 0.29) is 11.8 Å². The molecule has 1 saturated carbocycles. The van der Waals surface area contributed by atoms with Crippen molar-refractivity contribution in [2.75, 3.05) is 19.6 Å². The number of hydrogen-bond acceptors (Lipinski definition) is 3. The average molecular weight is 304 g/mol. The van der Waals surface area contributed by atoms with Crippen molar-refractivity contribution in [3.8, 4) is 0 Å². The normalized spacial score (nSPS) is 20.7. The maximum absolute atomic E-state index is 12.8. The van der Waals surface area contributed by atoms with Gasteiger partial charge in [-0.1, -0.05) is 6.92 Å². The van der Waals surface area contributed by atoms with E-state index in [1.165, 1.54) is 12.8 Å². The first kappa shape index (κ1) is 15.1. The molecule has 6 heteroatoms. The zero-order valence-electron chi connectivity index (χ0n) is 13.1. The molecule has 22 heavy (non-hydrogen) atoms. The lowest BCUT2D eigenvalue weighted by Crippen LogP contribution is -2.56. The lowest BCUT2D eigenvalue weighted by Gasteiger charge is -2.40. The van der Waals surface area contributed by atoms with Gasteiger partial charge < -0.3 is 10.2 Å². The number of carbonyl (C=O) groups excluding carboxylic acids is 2. The Morgan fingerprint density at radius 1 is 1.32 bits per heavy atom. The number of hydrogen-bond donors (Lipinski definition) is 1. The molecule has 3 rings (SSSR count). The molecule has 2 heterocycles. The second kappa shape index (κ2) is 6.10. The summed E-state index contributed by atoms with van der Waals surface area (Å²) in [5.74, 6) is 0.861. The Morgan fingerprint density at radius 2 is 2.05 bits per heavy atom. The van der Waals surface area contributed by atoms with Gasteiger partial charge in [0.15, 0.2) is 0 Å². The van der Waals surface area contributed by atoms with E-state index >= 15 is 0 Å². The molecule has 6 nitrogen and oxygen atoms in total. The van der Waals surface area contributed by atoms with Crippen LogP contribution in [0.4, 0.5) is 0 Å². The number of nitrogens with zero attached hydrogens (tertiary/aromatic N) is 3. The zero-order valence-corrected chi connectivity index (χ0v) is 13.1. The molecule has 1 aliphatic heterocycles. The van der Waals surface area contributed by atoms with Gasteiger partial charge in [0.05, 0.1) is 0 Å². The molecule has 2 fully saturated rings. The summed E-state index contributed by atoms with van der Waals surface area (Å²) in [5.41, 5.74) is -0.650. The van der Waals surface area contributed by atoms with Gasteiger partial charge in [-0.25, -0.2) is 0 Å². The van der Waals surface area contributed by atoms with E-state index < -0.39 is 5.54 Å². The summed E-state index contributed by atoms with van der Waals surface area (Å²) in [7, 11) is 0. The van der Waals surface area contributed by atoms with Crippen molar-refractivity contribution in [1.82, 2.24) is 20.0 Å². The number of likely N-dealkylation sites (tertiary alicyclic amines) is 1. The lowest BCUT2D eigenvalue weighted by atomic mass is 9.86. The Hall–Kier alpha value is -1.85. The first-order chi connectivity index (χ1) is 10.7. The van der Waals surface area contributed by atoms with Crippen molar-refractivity contribution in [3.63, 3.8) is 0 Å². The van der Waals surface area contributed by atoms with Crippen molar-refractivity contribution in [2.45, 2.75) is 44.6 Å². The number of amides is 2. The molecular weight excluding hydrogens is 280 g/mol. The van der Waals surface area contributed by atoms with Crippen LogP contribution >= 0.6 is 0 Å². The molecule has 1 N–H and O–H groups in total. The minimum Gasteiger partial charge on any atom is -0.354 e. The Balaban J connectivity index is 1.73. The minimum absolute atomic E-state index is 0.0479. The Kier molecular flexibility index (Phi) is 4.18. The van der Waals surface area contributed by atoms with Crippen molar-refractivity contribution in [2.24, 2.45) is 5.92 Å². The third kappa shape index (κ3) is 2.87. The summed E-state index contributed by atoms with van der Waals surface area (Å²) in [6.45, 7) is 3.87. The summed E-state index contributed by atoms with van der Waals surface area (Å²) in [5, 5.41) is 7.42. The fourth-order valence-electron chi connectivity index (χ4n) is 3.16. The van der Waals surface area contributed by atoms with E-state index in [9.17, 15) is 9.59 Å². The van der Waals surface area contributed by atoms with Crippen LogP contribution < -0.4 is 5.32 Å². The summed E-state index contributed by atoms with van der Waals surface area (Å²) < 4.78 is 1.78. The molecule has 1 aromatic heterocycles.